The summed E-state index contributed by atoms with van der Waals surface area (Å²) in [4.78, 5) is 16.3. The molecule has 0 bridgehead atoms. The Kier molecular flexibility index (Phi) is 3.12. The van der Waals surface area contributed by atoms with Gasteiger partial charge in [0.2, 0.25) is 0 Å². The molecule has 0 aromatic heterocycles. The van der Waals surface area contributed by atoms with Crippen LogP contribution in [0.15, 0.2) is 0 Å². The first-order valence-corrected chi connectivity index (χ1v) is 5.84. The van der Waals surface area contributed by atoms with Crippen molar-refractivity contribution in [3.8, 4) is 0 Å². The van der Waals surface area contributed by atoms with Gasteiger partial charge in [0, 0.05) is 0 Å². The second-order valence-electron chi connectivity index (χ2n) is 1.36. The molecule has 6 nitrogen and oxygen atoms in total. The van der Waals surface area contributed by atoms with Crippen molar-refractivity contribution < 1.29 is 4.89 Å². The minimum absolute atomic E-state index is 0.263. The number of rotatable bonds is 0. The Morgan fingerprint density at radius 1 is 1.78 bits per heavy atom. The van der Waals surface area contributed by atoms with E-state index in [0.717, 1.165) is 4.55 Å². The van der Waals surface area contributed by atoms with Gasteiger partial charge in [0.05, 0.1) is 8.88 Å². The van der Waals surface area contributed by atoms with Gasteiger partial charge in [-0.1, -0.05) is 4.55 Å². The van der Waals surface area contributed by atoms with E-state index >= 15 is 0 Å². The molecule has 3 atom stereocenters. The summed E-state index contributed by atoms with van der Waals surface area (Å²) in [5.41, 5.74) is 5.42. The van der Waals surface area contributed by atoms with Gasteiger partial charge in [0.15, 0.2) is 8.37 Å². The summed E-state index contributed by atoms with van der Waals surface area (Å²) in [7, 11) is -2.74. The van der Waals surface area contributed by atoms with E-state index in [1.54, 1.807) is 0 Å². The van der Waals surface area contributed by atoms with Gasteiger partial charge in [-0.25, -0.2) is 10.7 Å². The van der Waals surface area contributed by atoms with E-state index in [1.165, 1.54) is 0 Å². The van der Waals surface area contributed by atoms with E-state index in [0.29, 0.717) is 0 Å². The highest BCUT2D eigenvalue weighted by Crippen LogP contribution is 2.47. The Hall–Kier alpha value is 1.05. The molecule has 0 radical (unpaired) electrons. The van der Waals surface area contributed by atoms with E-state index in [2.05, 4.69) is 9.72 Å². The molecule has 1 aliphatic heterocycles. The maximum Gasteiger partial charge on any atom is 0.171 e. The molecule has 0 saturated carbocycles. The second-order valence-corrected chi connectivity index (χ2v) is 6.09. The largest absolute Gasteiger partial charge is 0.651 e. The average molecular weight is 187 g/mol. The van der Waals surface area contributed by atoms with Gasteiger partial charge in [-0.3, -0.25) is 5.50 Å². The molecule has 1 fully saturated rings. The van der Waals surface area contributed by atoms with Gasteiger partial charge in [-0.15, -0.1) is 4.86 Å². The average Bonchev–Trinajstić information content (AvgIpc) is 1.83. The number of nitrogens with zero attached hydrogens (tertiary/aromatic N) is 1. The van der Waals surface area contributed by atoms with Gasteiger partial charge in [0.25, 0.3) is 0 Å². The van der Waals surface area contributed by atoms with Crippen molar-refractivity contribution in [2.75, 3.05) is 0 Å². The highest BCUT2D eigenvalue weighted by molar-refractivity contribution is 7.75. The van der Waals surface area contributed by atoms with Crippen molar-refractivity contribution in [1.29, 1.82) is 0 Å². The standard InChI is InChI=1S/H8N5OP3/c1-5-8(2)3-7-4-9(5)6/h3-4,7,9H,1-2H2. The van der Waals surface area contributed by atoms with Crippen LogP contribution in [0.25, 0.3) is 0 Å². The van der Waals surface area contributed by atoms with Gasteiger partial charge < -0.3 is 4.89 Å². The van der Waals surface area contributed by atoms with Crippen LogP contribution in [0.3, 0.4) is 0 Å². The van der Waals surface area contributed by atoms with Crippen molar-refractivity contribution in [3.05, 3.63) is 0 Å². The van der Waals surface area contributed by atoms with Crippen LogP contribution < -0.4 is 26.0 Å². The van der Waals surface area contributed by atoms with E-state index in [1.807, 2.05) is 0 Å². The molecule has 54 valence electrons. The zero-order valence-corrected chi connectivity index (χ0v) is 7.35. The molecule has 9 heavy (non-hydrogen) atoms. The van der Waals surface area contributed by atoms with Gasteiger partial charge in [-0.05, 0) is 0 Å². The molecule has 0 aliphatic carbocycles. The molecule has 3 unspecified atom stereocenters. The minimum atomic E-state index is -1.95. The molecule has 1 heterocycles. The third-order valence-corrected chi connectivity index (χ3v) is 5.57. The molecule has 9 heteroatoms. The monoisotopic (exact) mass is 187 g/mol. The number of hydrogen-bond donors (Lipinski definition) is 4. The van der Waals surface area contributed by atoms with Crippen LogP contribution >= 0.6 is 25.7 Å². The number of nitrogens with two attached hydrogens (primary N) is 2. The lowest BCUT2D eigenvalue weighted by Crippen LogP contribution is -2.38. The van der Waals surface area contributed by atoms with Crippen LogP contribution in [-0.2, 0) is 0 Å². The Balaban J connectivity index is 2.41. The third kappa shape index (κ3) is 1.99. The zero-order valence-electron chi connectivity index (χ0n) is 4.46. The fourth-order valence-corrected chi connectivity index (χ4v) is 4.53. The van der Waals surface area contributed by atoms with E-state index in [9.17, 15) is 4.89 Å². The molecule has 1 aliphatic rings. The van der Waals surface area contributed by atoms with E-state index in [4.69, 9.17) is 11.3 Å². The Morgan fingerprint density at radius 2 is 2.44 bits per heavy atom. The van der Waals surface area contributed by atoms with Crippen LogP contribution in [0, 0.1) is 0 Å². The fourth-order valence-electron chi connectivity index (χ4n) is 0.348. The van der Waals surface area contributed by atoms with Gasteiger partial charge in [0.1, 0.15) is 8.45 Å². The van der Waals surface area contributed by atoms with Crippen molar-refractivity contribution in [2.24, 2.45) is 11.3 Å². The van der Waals surface area contributed by atoms with Gasteiger partial charge >= 0.3 is 0 Å². The fraction of sp³-hybridized carbons (Fsp3) is 0. The molecule has 0 aromatic carbocycles. The first-order valence-electron chi connectivity index (χ1n) is 2.12. The molecule has 0 spiro atoms. The Labute approximate surface area is 57.1 Å². The lowest BCUT2D eigenvalue weighted by Gasteiger charge is -2.31. The van der Waals surface area contributed by atoms with Crippen LogP contribution in [0.2, 0.25) is 0 Å². The topological polar surface area (TPSA) is 102 Å². The lowest BCUT2D eigenvalue weighted by molar-refractivity contribution is -0.168. The zero-order chi connectivity index (χ0) is 6.85. The van der Waals surface area contributed by atoms with Gasteiger partial charge in [-0.2, -0.15) is 0 Å². The molecule has 6 N–H and O–H groups in total. The highest BCUT2D eigenvalue weighted by atomic mass is 31.3. The van der Waals surface area contributed by atoms with Crippen LogP contribution in [-0.4, -0.2) is 4.55 Å². The minimum Gasteiger partial charge on any atom is -0.651 e. The maximum atomic E-state index is 10.8. The van der Waals surface area contributed by atoms with Crippen molar-refractivity contribution in [1.82, 2.24) is 14.3 Å². The number of hydrogen-bond acceptors (Lipinski definition) is 6. The summed E-state index contributed by atoms with van der Waals surface area (Å²) in [5.74, 6) is 5.27. The maximum absolute atomic E-state index is 10.8. The van der Waals surface area contributed by atoms with Crippen molar-refractivity contribution >= 4 is 25.7 Å². The quantitative estimate of drug-likeness (QED) is 0.268. The van der Waals surface area contributed by atoms with Crippen molar-refractivity contribution in [3.63, 3.8) is 0 Å². The summed E-state index contributed by atoms with van der Waals surface area (Å²) in [6.45, 7) is 0. The third-order valence-electron chi connectivity index (χ3n) is 0.780. The Bertz CT molecular complexity index is 88.2. The summed E-state index contributed by atoms with van der Waals surface area (Å²) in [5, 5.41) is 0. The summed E-state index contributed by atoms with van der Waals surface area (Å²) >= 11 is 0. The predicted molar refractivity (Wildman–Crippen MR) is 40.0 cm³/mol. The molecular formula is H8N5OP3. The molecule has 1 rings (SSSR count). The molecule has 0 aromatic rings. The normalized spacial score (nSPS) is 41.7. The number of hydrazine groups is 1. The van der Waals surface area contributed by atoms with Crippen molar-refractivity contribution in [2.45, 2.75) is 0 Å². The SMILES string of the molecule is NN1P(N)NPN[PH+]1[O-]. The smallest absolute Gasteiger partial charge is 0.171 e. The summed E-state index contributed by atoms with van der Waals surface area (Å²) in [6, 6.07) is 0. The predicted octanol–water partition coefficient (Wildman–Crippen LogP) is -1.63. The van der Waals surface area contributed by atoms with E-state index < -0.39 is 16.8 Å². The van der Waals surface area contributed by atoms with Crippen LogP contribution in [0.1, 0.15) is 0 Å². The summed E-state index contributed by atoms with van der Waals surface area (Å²) < 4.78 is 1.15. The summed E-state index contributed by atoms with van der Waals surface area (Å²) in [6.07, 6.45) is 0. The first kappa shape index (κ1) is 8.15. The molecule has 1 saturated heterocycles. The van der Waals surface area contributed by atoms with E-state index in [-0.39, 0.29) is 8.88 Å². The molecule has 0 amide bonds. The van der Waals surface area contributed by atoms with Crippen LogP contribution in [0.4, 0.5) is 0 Å². The lowest BCUT2D eigenvalue weighted by atomic mass is 12.9. The molecular weight excluding hydrogens is 179 g/mol. The second kappa shape index (κ2) is 3.44. The van der Waals surface area contributed by atoms with Crippen LogP contribution in [0.5, 0.6) is 0 Å². The number of nitrogens with one attached hydrogen (secondary N) is 2. The Morgan fingerprint density at radius 3 is 2.89 bits per heavy atom. The highest BCUT2D eigenvalue weighted by Gasteiger charge is 2.24. The first-order chi connectivity index (χ1) is 4.22.